The topological polar surface area (TPSA) is 49.5 Å². The van der Waals surface area contributed by atoms with Crippen LogP contribution in [0.4, 0.5) is 0 Å². The average Bonchev–Trinajstić information content (AvgIpc) is 3.40. The van der Waals surface area contributed by atoms with Crippen LogP contribution in [0.25, 0.3) is 0 Å². The van der Waals surface area contributed by atoms with Crippen molar-refractivity contribution in [2.24, 2.45) is 5.92 Å². The van der Waals surface area contributed by atoms with Gasteiger partial charge < -0.3 is 23.1 Å². The van der Waals surface area contributed by atoms with E-state index < -0.39 is 8.56 Å². The van der Waals surface area contributed by atoms with E-state index in [1.165, 1.54) is 12.8 Å². The van der Waals surface area contributed by atoms with E-state index >= 15 is 0 Å². The van der Waals surface area contributed by atoms with E-state index in [4.69, 9.17) is 23.1 Å². The molecule has 2 fully saturated rings. The van der Waals surface area contributed by atoms with Gasteiger partial charge >= 0.3 is 8.56 Å². The molecule has 3 atom stereocenters. The standard InChI is InChI=1S/C17H34O5Si/c1-5-10-17(18-2)15(8-6-11-21-13-16-14-22-16)9-7-12-23(17,19-3)20-4/h15-16H,5-14H2,1-4H3. The molecule has 23 heavy (non-hydrogen) atoms. The molecular formula is C17H34O5Si. The van der Waals surface area contributed by atoms with Gasteiger partial charge in [-0.05, 0) is 37.6 Å². The molecule has 2 aliphatic heterocycles. The largest absolute Gasteiger partial charge is 0.396 e. The molecular weight excluding hydrogens is 312 g/mol. The van der Waals surface area contributed by atoms with Crippen LogP contribution in [0.1, 0.15) is 45.4 Å². The fraction of sp³-hybridized carbons (Fsp3) is 1.00. The molecule has 2 saturated heterocycles. The zero-order valence-corrected chi connectivity index (χ0v) is 16.3. The Balaban J connectivity index is 1.98. The highest BCUT2D eigenvalue weighted by Crippen LogP contribution is 2.48. The summed E-state index contributed by atoms with van der Waals surface area (Å²) in [5.74, 6) is 0.494. The van der Waals surface area contributed by atoms with Crippen molar-refractivity contribution in [1.29, 1.82) is 0 Å². The molecule has 0 aliphatic carbocycles. The summed E-state index contributed by atoms with van der Waals surface area (Å²) in [6, 6.07) is 1.03. The summed E-state index contributed by atoms with van der Waals surface area (Å²) in [7, 11) is 3.10. The second-order valence-electron chi connectivity index (χ2n) is 6.77. The Morgan fingerprint density at radius 3 is 2.52 bits per heavy atom. The quantitative estimate of drug-likeness (QED) is 0.327. The fourth-order valence-electron chi connectivity index (χ4n) is 4.35. The summed E-state index contributed by atoms with van der Waals surface area (Å²) < 4.78 is 29.1. The van der Waals surface area contributed by atoms with Crippen LogP contribution in [0.3, 0.4) is 0 Å². The molecule has 0 N–H and O–H groups in total. The van der Waals surface area contributed by atoms with Crippen molar-refractivity contribution in [1.82, 2.24) is 0 Å². The molecule has 2 aliphatic rings. The molecule has 0 bridgehead atoms. The average molecular weight is 347 g/mol. The highest BCUT2D eigenvalue weighted by Gasteiger charge is 2.62. The molecule has 136 valence electrons. The van der Waals surface area contributed by atoms with Crippen molar-refractivity contribution < 1.29 is 23.1 Å². The molecule has 0 radical (unpaired) electrons. The summed E-state index contributed by atoms with van der Waals surface area (Å²) in [6.07, 6.45) is 6.99. The Kier molecular flexibility index (Phi) is 7.50. The van der Waals surface area contributed by atoms with E-state index in [2.05, 4.69) is 6.92 Å². The van der Waals surface area contributed by atoms with E-state index in [0.29, 0.717) is 12.0 Å². The van der Waals surface area contributed by atoms with Gasteiger partial charge in [-0.25, -0.2) is 0 Å². The number of rotatable bonds is 11. The third kappa shape index (κ3) is 4.17. The van der Waals surface area contributed by atoms with Crippen molar-refractivity contribution in [2.75, 3.05) is 41.2 Å². The first kappa shape index (κ1) is 19.3. The number of hydrogen-bond donors (Lipinski definition) is 0. The van der Waals surface area contributed by atoms with Crippen molar-refractivity contribution in [3.63, 3.8) is 0 Å². The van der Waals surface area contributed by atoms with E-state index in [9.17, 15) is 0 Å². The summed E-state index contributed by atoms with van der Waals surface area (Å²) in [6.45, 7) is 4.62. The molecule has 2 rings (SSSR count). The van der Waals surface area contributed by atoms with Crippen LogP contribution in [-0.4, -0.2) is 61.0 Å². The summed E-state index contributed by atoms with van der Waals surface area (Å²) in [4.78, 5) is 0. The first-order valence-corrected chi connectivity index (χ1v) is 11.0. The van der Waals surface area contributed by atoms with Gasteiger partial charge in [-0.15, -0.1) is 0 Å². The lowest BCUT2D eigenvalue weighted by atomic mass is 9.88. The number of methoxy groups -OCH3 is 1. The lowest BCUT2D eigenvalue weighted by Crippen LogP contribution is -2.68. The highest BCUT2D eigenvalue weighted by atomic mass is 28.4. The van der Waals surface area contributed by atoms with Gasteiger partial charge in [0.2, 0.25) is 0 Å². The Bertz CT molecular complexity index is 346. The van der Waals surface area contributed by atoms with Crippen LogP contribution >= 0.6 is 0 Å². The SMILES string of the molecule is CCCC1(OC)C(CCCOCC2CO2)CCC[Si]1(OC)OC. The summed E-state index contributed by atoms with van der Waals surface area (Å²) >= 11 is 0. The normalized spacial score (nSPS) is 32.9. The minimum Gasteiger partial charge on any atom is -0.396 e. The van der Waals surface area contributed by atoms with E-state index in [0.717, 1.165) is 51.5 Å². The van der Waals surface area contributed by atoms with Gasteiger partial charge in [0.25, 0.3) is 0 Å². The molecule has 0 amide bonds. The Labute approximate surface area is 142 Å². The van der Waals surface area contributed by atoms with Crippen LogP contribution in [-0.2, 0) is 23.1 Å². The second-order valence-corrected chi connectivity index (χ2v) is 10.4. The van der Waals surface area contributed by atoms with Gasteiger partial charge in [0.15, 0.2) is 0 Å². The van der Waals surface area contributed by atoms with Gasteiger partial charge in [-0.2, -0.15) is 0 Å². The van der Waals surface area contributed by atoms with E-state index in [-0.39, 0.29) is 5.22 Å². The molecule has 5 nitrogen and oxygen atoms in total. The zero-order chi connectivity index (χ0) is 16.8. The monoisotopic (exact) mass is 346 g/mol. The molecule has 3 unspecified atom stereocenters. The molecule has 6 heteroatoms. The van der Waals surface area contributed by atoms with Gasteiger partial charge in [-0.1, -0.05) is 19.8 Å². The smallest absolute Gasteiger partial charge is 0.371 e. The van der Waals surface area contributed by atoms with Crippen LogP contribution < -0.4 is 0 Å². The first-order chi connectivity index (χ1) is 11.2. The first-order valence-electron chi connectivity index (χ1n) is 9.02. The van der Waals surface area contributed by atoms with Gasteiger partial charge in [0.05, 0.1) is 13.2 Å². The predicted molar refractivity (Wildman–Crippen MR) is 91.7 cm³/mol. The van der Waals surface area contributed by atoms with Gasteiger partial charge in [-0.3, -0.25) is 0 Å². The molecule has 2 heterocycles. The maximum atomic E-state index is 6.19. The number of epoxide rings is 1. The fourth-order valence-corrected chi connectivity index (χ4v) is 8.56. The van der Waals surface area contributed by atoms with Crippen molar-refractivity contribution in [3.8, 4) is 0 Å². The Morgan fingerprint density at radius 2 is 1.96 bits per heavy atom. The maximum absolute atomic E-state index is 6.19. The molecule has 0 aromatic rings. The third-order valence-electron chi connectivity index (χ3n) is 5.56. The third-order valence-corrected chi connectivity index (χ3v) is 10.0. The molecule has 0 aromatic heterocycles. The lowest BCUT2D eigenvalue weighted by Gasteiger charge is -2.52. The molecule has 0 aromatic carbocycles. The highest BCUT2D eigenvalue weighted by molar-refractivity contribution is 6.70. The lowest BCUT2D eigenvalue weighted by molar-refractivity contribution is -0.0581. The van der Waals surface area contributed by atoms with Gasteiger partial charge in [0.1, 0.15) is 11.3 Å². The van der Waals surface area contributed by atoms with E-state index in [1.807, 2.05) is 7.11 Å². The summed E-state index contributed by atoms with van der Waals surface area (Å²) in [5, 5.41) is -0.233. The van der Waals surface area contributed by atoms with Crippen molar-refractivity contribution >= 4 is 8.56 Å². The molecule has 0 spiro atoms. The molecule has 0 saturated carbocycles. The minimum atomic E-state index is -2.35. The van der Waals surface area contributed by atoms with Crippen molar-refractivity contribution in [2.45, 2.75) is 62.8 Å². The van der Waals surface area contributed by atoms with Crippen LogP contribution in [0.5, 0.6) is 0 Å². The van der Waals surface area contributed by atoms with E-state index in [1.54, 1.807) is 14.2 Å². The van der Waals surface area contributed by atoms with Crippen LogP contribution in [0, 0.1) is 5.92 Å². The zero-order valence-electron chi connectivity index (χ0n) is 15.3. The van der Waals surface area contributed by atoms with Crippen LogP contribution in [0.2, 0.25) is 6.04 Å². The summed E-state index contributed by atoms with van der Waals surface area (Å²) in [5.41, 5.74) is 0. The van der Waals surface area contributed by atoms with Crippen LogP contribution in [0.15, 0.2) is 0 Å². The second kappa shape index (κ2) is 8.92. The number of ether oxygens (including phenoxy) is 3. The predicted octanol–water partition coefficient (Wildman–Crippen LogP) is 3.05. The minimum absolute atomic E-state index is 0.233. The van der Waals surface area contributed by atoms with Gasteiger partial charge in [0, 0.05) is 27.9 Å². The van der Waals surface area contributed by atoms with Crippen molar-refractivity contribution in [3.05, 3.63) is 0 Å². The maximum Gasteiger partial charge on any atom is 0.371 e. The Hall–Kier alpha value is 0.0169. The Morgan fingerprint density at radius 1 is 1.22 bits per heavy atom. The number of hydrogen-bond acceptors (Lipinski definition) is 5.